The van der Waals surface area contributed by atoms with Crippen molar-refractivity contribution in [3.05, 3.63) is 35.3 Å². The molecule has 0 spiro atoms. The minimum absolute atomic E-state index is 0.0949. The van der Waals surface area contributed by atoms with Crippen molar-refractivity contribution in [3.8, 4) is 0 Å². The van der Waals surface area contributed by atoms with Crippen molar-refractivity contribution >= 4 is 11.6 Å². The third-order valence-electron chi connectivity index (χ3n) is 4.66. The predicted octanol–water partition coefficient (Wildman–Crippen LogP) is 3.36. The fraction of sp³-hybridized carbons (Fsp3) is 0.529. The van der Waals surface area contributed by atoms with Crippen LogP contribution in [0.1, 0.15) is 53.8 Å². The molecule has 4 nitrogen and oxygen atoms in total. The van der Waals surface area contributed by atoms with Crippen LogP contribution in [0.2, 0.25) is 0 Å². The third-order valence-corrected chi connectivity index (χ3v) is 4.66. The van der Waals surface area contributed by atoms with Crippen molar-refractivity contribution in [2.45, 2.75) is 52.0 Å². The standard InChI is InChI=1S/C17H23N3O/c1-12-8-7-11-20-15(13(2)18-16(12)20)17(21)19(3)14-9-5-4-6-10-14/h7-8,11,14H,4-6,9-10H2,1-3H3. The second-order valence-corrected chi connectivity index (χ2v) is 6.14. The highest BCUT2D eigenvalue weighted by Gasteiger charge is 2.26. The minimum atomic E-state index is 0.0949. The van der Waals surface area contributed by atoms with Crippen LogP contribution in [0.4, 0.5) is 0 Å². The molecule has 0 saturated heterocycles. The van der Waals surface area contributed by atoms with E-state index in [0.29, 0.717) is 11.7 Å². The van der Waals surface area contributed by atoms with E-state index in [9.17, 15) is 4.79 Å². The number of carbonyl (C=O) groups is 1. The number of amides is 1. The zero-order valence-electron chi connectivity index (χ0n) is 13.1. The van der Waals surface area contributed by atoms with Gasteiger partial charge in [-0.3, -0.25) is 9.20 Å². The monoisotopic (exact) mass is 285 g/mol. The molecule has 1 amide bonds. The molecule has 0 atom stereocenters. The number of carbonyl (C=O) groups excluding carboxylic acids is 1. The van der Waals surface area contributed by atoms with Crippen molar-refractivity contribution in [1.29, 1.82) is 0 Å². The summed E-state index contributed by atoms with van der Waals surface area (Å²) in [5.41, 5.74) is 3.51. The number of pyridine rings is 1. The van der Waals surface area contributed by atoms with Crippen LogP contribution in [0, 0.1) is 13.8 Å². The highest BCUT2D eigenvalue weighted by molar-refractivity contribution is 5.94. The van der Waals surface area contributed by atoms with Crippen LogP contribution in [-0.2, 0) is 0 Å². The number of nitrogens with zero attached hydrogens (tertiary/aromatic N) is 3. The van der Waals surface area contributed by atoms with Crippen LogP contribution in [-0.4, -0.2) is 33.3 Å². The van der Waals surface area contributed by atoms with Crippen LogP contribution in [0.25, 0.3) is 5.65 Å². The van der Waals surface area contributed by atoms with Gasteiger partial charge in [-0.1, -0.05) is 25.3 Å². The predicted molar refractivity (Wildman–Crippen MR) is 83.6 cm³/mol. The van der Waals surface area contributed by atoms with Gasteiger partial charge in [0.1, 0.15) is 11.3 Å². The highest BCUT2D eigenvalue weighted by Crippen LogP contribution is 2.24. The second-order valence-electron chi connectivity index (χ2n) is 6.14. The van der Waals surface area contributed by atoms with E-state index in [4.69, 9.17) is 0 Å². The average Bonchev–Trinajstić information content (AvgIpc) is 2.84. The lowest BCUT2D eigenvalue weighted by atomic mass is 9.94. The van der Waals surface area contributed by atoms with Crippen molar-refractivity contribution in [1.82, 2.24) is 14.3 Å². The Hall–Kier alpha value is -1.84. The molecule has 112 valence electrons. The summed E-state index contributed by atoms with van der Waals surface area (Å²) in [5.74, 6) is 0.0949. The first-order valence-corrected chi connectivity index (χ1v) is 7.81. The van der Waals surface area contributed by atoms with Crippen molar-refractivity contribution < 1.29 is 4.79 Å². The largest absolute Gasteiger partial charge is 0.337 e. The Kier molecular flexibility index (Phi) is 3.70. The summed E-state index contributed by atoms with van der Waals surface area (Å²) < 4.78 is 1.94. The lowest BCUT2D eigenvalue weighted by Crippen LogP contribution is -2.39. The Bertz CT molecular complexity index is 668. The number of rotatable bonds is 2. The molecule has 1 saturated carbocycles. The molecule has 0 aromatic carbocycles. The molecule has 1 aliphatic rings. The van der Waals surface area contributed by atoms with E-state index in [2.05, 4.69) is 4.98 Å². The second kappa shape index (κ2) is 5.51. The smallest absolute Gasteiger partial charge is 0.272 e. The van der Waals surface area contributed by atoms with Gasteiger partial charge in [0.25, 0.3) is 5.91 Å². The molecule has 4 heteroatoms. The first kappa shape index (κ1) is 14.1. The Balaban J connectivity index is 1.97. The molecule has 0 aliphatic heterocycles. The molecule has 0 bridgehead atoms. The van der Waals surface area contributed by atoms with Crippen LogP contribution in [0.15, 0.2) is 18.3 Å². The van der Waals surface area contributed by atoms with E-state index in [0.717, 1.165) is 29.7 Å². The van der Waals surface area contributed by atoms with Crippen molar-refractivity contribution in [2.75, 3.05) is 7.05 Å². The Morgan fingerprint density at radius 2 is 2.00 bits per heavy atom. The van der Waals surface area contributed by atoms with Gasteiger partial charge in [0.2, 0.25) is 0 Å². The van der Waals surface area contributed by atoms with E-state index in [-0.39, 0.29) is 5.91 Å². The van der Waals surface area contributed by atoms with Crippen molar-refractivity contribution in [3.63, 3.8) is 0 Å². The molecule has 1 fully saturated rings. The quantitative estimate of drug-likeness (QED) is 0.848. The van der Waals surface area contributed by atoms with Gasteiger partial charge < -0.3 is 4.90 Å². The van der Waals surface area contributed by atoms with Gasteiger partial charge in [-0.05, 0) is 38.3 Å². The Labute approximate surface area is 125 Å². The zero-order chi connectivity index (χ0) is 15.0. The van der Waals surface area contributed by atoms with Gasteiger partial charge in [0.15, 0.2) is 0 Å². The minimum Gasteiger partial charge on any atom is -0.337 e. The number of fused-ring (bicyclic) bond motifs is 1. The molecule has 0 unspecified atom stereocenters. The van der Waals surface area contributed by atoms with Crippen LogP contribution in [0.5, 0.6) is 0 Å². The molecule has 0 radical (unpaired) electrons. The van der Waals surface area contributed by atoms with Crippen molar-refractivity contribution in [2.24, 2.45) is 0 Å². The zero-order valence-corrected chi connectivity index (χ0v) is 13.1. The molecule has 2 aromatic heterocycles. The highest BCUT2D eigenvalue weighted by atomic mass is 16.2. The van der Waals surface area contributed by atoms with Crippen LogP contribution in [0.3, 0.4) is 0 Å². The number of imidazole rings is 1. The summed E-state index contributed by atoms with van der Waals surface area (Å²) >= 11 is 0. The molecule has 0 N–H and O–H groups in total. The number of aromatic nitrogens is 2. The first-order valence-electron chi connectivity index (χ1n) is 7.81. The maximum atomic E-state index is 12.9. The Morgan fingerprint density at radius 3 is 2.71 bits per heavy atom. The maximum Gasteiger partial charge on any atom is 0.272 e. The lowest BCUT2D eigenvalue weighted by molar-refractivity contribution is 0.0688. The molecule has 2 heterocycles. The summed E-state index contributed by atoms with van der Waals surface area (Å²) in [6.07, 6.45) is 7.94. The number of hydrogen-bond acceptors (Lipinski definition) is 2. The maximum absolute atomic E-state index is 12.9. The Morgan fingerprint density at radius 1 is 1.29 bits per heavy atom. The number of aryl methyl sites for hydroxylation is 2. The normalized spacial score (nSPS) is 16.3. The van der Waals surface area contributed by atoms with Gasteiger partial charge in [-0.15, -0.1) is 0 Å². The van der Waals surface area contributed by atoms with E-state index in [1.54, 1.807) is 0 Å². The summed E-state index contributed by atoms with van der Waals surface area (Å²) in [5, 5.41) is 0. The summed E-state index contributed by atoms with van der Waals surface area (Å²) in [4.78, 5) is 19.4. The van der Waals surface area contributed by atoms with Gasteiger partial charge in [-0.2, -0.15) is 0 Å². The SMILES string of the molecule is Cc1nc2c(C)cccn2c1C(=O)N(C)C1CCCCC1. The fourth-order valence-electron chi connectivity index (χ4n) is 3.38. The van der Waals surface area contributed by atoms with E-state index in [1.165, 1.54) is 19.3 Å². The van der Waals surface area contributed by atoms with Gasteiger partial charge in [0.05, 0.1) is 5.69 Å². The first-order chi connectivity index (χ1) is 10.1. The van der Waals surface area contributed by atoms with Crippen LogP contribution < -0.4 is 0 Å². The van der Waals surface area contributed by atoms with E-state index < -0.39 is 0 Å². The lowest BCUT2D eigenvalue weighted by Gasteiger charge is -2.31. The third kappa shape index (κ3) is 2.43. The number of hydrogen-bond donors (Lipinski definition) is 0. The molecule has 21 heavy (non-hydrogen) atoms. The van der Waals surface area contributed by atoms with Crippen LogP contribution >= 0.6 is 0 Å². The summed E-state index contributed by atoms with van der Waals surface area (Å²) in [7, 11) is 1.94. The van der Waals surface area contributed by atoms with Gasteiger partial charge >= 0.3 is 0 Å². The molecular weight excluding hydrogens is 262 g/mol. The molecule has 3 rings (SSSR count). The average molecular weight is 285 g/mol. The van der Waals surface area contributed by atoms with E-state index in [1.807, 2.05) is 48.5 Å². The van der Waals surface area contributed by atoms with Gasteiger partial charge in [-0.25, -0.2) is 4.98 Å². The molecular formula is C17H23N3O. The van der Waals surface area contributed by atoms with Gasteiger partial charge in [0, 0.05) is 19.3 Å². The van der Waals surface area contributed by atoms with E-state index >= 15 is 0 Å². The summed E-state index contributed by atoms with van der Waals surface area (Å²) in [6, 6.07) is 4.38. The fourth-order valence-corrected chi connectivity index (χ4v) is 3.38. The summed E-state index contributed by atoms with van der Waals surface area (Å²) in [6.45, 7) is 3.95. The molecule has 1 aliphatic carbocycles. The topological polar surface area (TPSA) is 37.6 Å². The molecule has 2 aromatic rings.